The van der Waals surface area contributed by atoms with Gasteiger partial charge in [0.25, 0.3) is 0 Å². The van der Waals surface area contributed by atoms with E-state index in [-0.39, 0.29) is 5.25 Å². The van der Waals surface area contributed by atoms with Crippen LogP contribution in [0.3, 0.4) is 0 Å². The van der Waals surface area contributed by atoms with Crippen molar-refractivity contribution >= 4 is 16.9 Å². The second kappa shape index (κ2) is 7.50. The van der Waals surface area contributed by atoms with Crippen molar-refractivity contribution in [3.8, 4) is 0 Å². The number of amidine groups is 1. The van der Waals surface area contributed by atoms with E-state index in [0.717, 1.165) is 0 Å². The summed E-state index contributed by atoms with van der Waals surface area (Å²) < 4.78 is 0. The summed E-state index contributed by atoms with van der Waals surface area (Å²) in [6, 6.07) is 21.5. The van der Waals surface area contributed by atoms with Crippen molar-refractivity contribution in [3.63, 3.8) is 0 Å². The van der Waals surface area contributed by atoms with E-state index in [0.29, 0.717) is 11.2 Å². The molecule has 0 radical (unpaired) electrons. The Labute approximate surface area is 136 Å². The maximum atomic E-state index is 6.24. The molecule has 0 spiro atoms. The fraction of sp³-hybridized carbons (Fsp3) is 0.316. The Bertz CT molecular complexity index is 564. The molecule has 2 N–H and O–H groups in total. The van der Waals surface area contributed by atoms with Crippen LogP contribution in [0.15, 0.2) is 65.7 Å². The molecule has 0 atom stereocenters. The van der Waals surface area contributed by atoms with Crippen LogP contribution in [0.5, 0.6) is 0 Å². The number of benzene rings is 2. The van der Waals surface area contributed by atoms with Gasteiger partial charge in [0.1, 0.15) is 0 Å². The highest BCUT2D eigenvalue weighted by Gasteiger charge is 2.18. The van der Waals surface area contributed by atoms with Crippen LogP contribution in [-0.4, -0.2) is 11.2 Å². The van der Waals surface area contributed by atoms with Gasteiger partial charge in [0.15, 0.2) is 5.17 Å². The van der Waals surface area contributed by atoms with Crippen LogP contribution in [-0.2, 0) is 0 Å². The molecule has 0 amide bonds. The van der Waals surface area contributed by atoms with Crippen LogP contribution in [0, 0.1) is 0 Å². The van der Waals surface area contributed by atoms with Crippen LogP contribution in [0.2, 0.25) is 0 Å². The van der Waals surface area contributed by atoms with E-state index >= 15 is 0 Å². The van der Waals surface area contributed by atoms with Crippen molar-refractivity contribution in [1.82, 2.24) is 0 Å². The lowest BCUT2D eigenvalue weighted by Crippen LogP contribution is -2.14. The second-order valence-corrected chi connectivity index (χ2v) is 6.85. The Morgan fingerprint density at radius 2 is 1.41 bits per heavy atom. The molecule has 2 nitrogen and oxygen atoms in total. The molecule has 0 saturated heterocycles. The van der Waals surface area contributed by atoms with E-state index in [1.807, 2.05) is 12.1 Å². The Kier molecular flexibility index (Phi) is 5.17. The number of hydrogen-bond acceptors (Lipinski definition) is 2. The summed E-state index contributed by atoms with van der Waals surface area (Å²) in [7, 11) is 0. The first-order valence-electron chi connectivity index (χ1n) is 7.93. The minimum atomic E-state index is 0.201. The first-order valence-corrected chi connectivity index (χ1v) is 8.81. The predicted molar refractivity (Wildman–Crippen MR) is 96.2 cm³/mol. The largest absolute Gasteiger partial charge is 0.379 e. The summed E-state index contributed by atoms with van der Waals surface area (Å²) in [6.07, 6.45) is 4.94. The first kappa shape index (κ1) is 15.2. The molecule has 0 bridgehead atoms. The van der Waals surface area contributed by atoms with Gasteiger partial charge in [-0.2, -0.15) is 0 Å². The summed E-state index contributed by atoms with van der Waals surface area (Å²) >= 11 is 1.67. The van der Waals surface area contributed by atoms with Crippen LogP contribution in [0.4, 0.5) is 0 Å². The Balaban J connectivity index is 1.83. The molecule has 1 aliphatic carbocycles. The van der Waals surface area contributed by atoms with E-state index in [2.05, 4.69) is 48.5 Å². The van der Waals surface area contributed by atoms with Gasteiger partial charge in [-0.25, -0.2) is 0 Å². The van der Waals surface area contributed by atoms with Crippen molar-refractivity contribution in [2.75, 3.05) is 0 Å². The Morgan fingerprint density at radius 1 is 0.909 bits per heavy atom. The minimum absolute atomic E-state index is 0.201. The van der Waals surface area contributed by atoms with Gasteiger partial charge in [-0.05, 0) is 24.0 Å². The van der Waals surface area contributed by atoms with Gasteiger partial charge in [0.05, 0.1) is 11.3 Å². The van der Waals surface area contributed by atoms with E-state index in [4.69, 9.17) is 10.7 Å². The molecule has 22 heavy (non-hydrogen) atoms. The normalized spacial score (nSPS) is 16.3. The highest BCUT2D eigenvalue weighted by atomic mass is 32.2. The standard InChI is InChI=1S/C19H22N2S/c20-19(21-17-13-7-8-14-17)22-18(15-9-3-1-4-10-15)16-11-5-2-6-12-16/h1-6,9-12,17-18H,7-8,13-14H2,(H2,20,21). The van der Waals surface area contributed by atoms with Crippen molar-refractivity contribution in [2.24, 2.45) is 10.7 Å². The molecule has 1 fully saturated rings. The molecule has 114 valence electrons. The van der Waals surface area contributed by atoms with Gasteiger partial charge in [0.2, 0.25) is 0 Å². The van der Waals surface area contributed by atoms with Crippen molar-refractivity contribution in [1.29, 1.82) is 0 Å². The molecule has 0 aromatic heterocycles. The third-order valence-corrected chi connectivity index (χ3v) is 5.20. The van der Waals surface area contributed by atoms with E-state index < -0.39 is 0 Å². The maximum Gasteiger partial charge on any atom is 0.155 e. The van der Waals surface area contributed by atoms with Gasteiger partial charge in [-0.1, -0.05) is 85.3 Å². The van der Waals surface area contributed by atoms with Crippen LogP contribution in [0.25, 0.3) is 0 Å². The fourth-order valence-corrected chi connectivity index (χ4v) is 3.99. The van der Waals surface area contributed by atoms with Crippen molar-refractivity contribution in [2.45, 2.75) is 37.0 Å². The Hall–Kier alpha value is -1.74. The number of nitrogens with zero attached hydrogens (tertiary/aromatic N) is 1. The second-order valence-electron chi connectivity index (χ2n) is 5.72. The Morgan fingerprint density at radius 3 is 1.91 bits per heavy atom. The highest BCUT2D eigenvalue weighted by molar-refractivity contribution is 8.14. The van der Waals surface area contributed by atoms with E-state index in [9.17, 15) is 0 Å². The first-order chi connectivity index (χ1) is 10.8. The van der Waals surface area contributed by atoms with Crippen LogP contribution in [0.1, 0.15) is 42.1 Å². The molecule has 1 aliphatic rings. The molecule has 2 aromatic carbocycles. The van der Waals surface area contributed by atoms with E-state index in [1.165, 1.54) is 36.8 Å². The smallest absolute Gasteiger partial charge is 0.155 e. The molecule has 0 unspecified atom stereocenters. The lowest BCUT2D eigenvalue weighted by atomic mass is 10.0. The molecular formula is C19H22N2S. The monoisotopic (exact) mass is 310 g/mol. The average Bonchev–Trinajstić information content (AvgIpc) is 3.07. The topological polar surface area (TPSA) is 38.4 Å². The van der Waals surface area contributed by atoms with Gasteiger partial charge in [0, 0.05) is 0 Å². The number of nitrogens with two attached hydrogens (primary N) is 1. The van der Waals surface area contributed by atoms with Crippen molar-refractivity contribution in [3.05, 3.63) is 71.8 Å². The molecule has 2 aromatic rings. The lowest BCUT2D eigenvalue weighted by molar-refractivity contribution is 0.708. The minimum Gasteiger partial charge on any atom is -0.379 e. The van der Waals surface area contributed by atoms with Crippen molar-refractivity contribution < 1.29 is 0 Å². The summed E-state index contributed by atoms with van der Waals surface area (Å²) in [5.74, 6) is 0. The number of rotatable bonds is 4. The van der Waals surface area contributed by atoms with Gasteiger partial charge >= 0.3 is 0 Å². The third-order valence-electron chi connectivity index (χ3n) is 4.08. The number of thioether (sulfide) groups is 1. The molecule has 3 rings (SSSR count). The zero-order valence-corrected chi connectivity index (χ0v) is 13.5. The van der Waals surface area contributed by atoms with E-state index in [1.54, 1.807) is 11.8 Å². The quantitative estimate of drug-likeness (QED) is 0.652. The maximum absolute atomic E-state index is 6.24. The van der Waals surface area contributed by atoms with Gasteiger partial charge in [-0.3, -0.25) is 4.99 Å². The number of hydrogen-bond donors (Lipinski definition) is 1. The molecule has 1 saturated carbocycles. The summed E-state index contributed by atoms with van der Waals surface area (Å²) in [4.78, 5) is 4.72. The van der Waals surface area contributed by atoms with Gasteiger partial charge in [-0.15, -0.1) is 0 Å². The average molecular weight is 310 g/mol. The summed E-state index contributed by atoms with van der Waals surface area (Å²) in [5.41, 5.74) is 8.78. The predicted octanol–water partition coefficient (Wildman–Crippen LogP) is 4.77. The lowest BCUT2D eigenvalue weighted by Gasteiger charge is -2.17. The molecule has 0 aliphatic heterocycles. The fourth-order valence-electron chi connectivity index (χ4n) is 2.95. The molecule has 0 heterocycles. The zero-order valence-electron chi connectivity index (χ0n) is 12.7. The SMILES string of the molecule is NC(=NC1CCCC1)SC(c1ccccc1)c1ccccc1. The third kappa shape index (κ3) is 3.92. The van der Waals surface area contributed by atoms with Crippen LogP contribution < -0.4 is 5.73 Å². The van der Waals surface area contributed by atoms with Crippen LogP contribution >= 0.6 is 11.8 Å². The molecule has 3 heteroatoms. The molecular weight excluding hydrogens is 288 g/mol. The summed E-state index contributed by atoms with van der Waals surface area (Å²) in [6.45, 7) is 0. The van der Waals surface area contributed by atoms with Gasteiger partial charge < -0.3 is 5.73 Å². The zero-order chi connectivity index (χ0) is 15.2. The highest BCUT2D eigenvalue weighted by Crippen LogP contribution is 2.36. The number of aliphatic imine (C=N–C) groups is 1. The summed E-state index contributed by atoms with van der Waals surface area (Å²) in [5, 5.41) is 0.914.